The van der Waals surface area contributed by atoms with Gasteiger partial charge in [-0.05, 0) is 68.1 Å². The Kier molecular flexibility index (Phi) is 2.92. The Labute approximate surface area is 104 Å². The predicted molar refractivity (Wildman–Crippen MR) is 66.5 cm³/mol. The molecule has 0 radical (unpaired) electrons. The van der Waals surface area contributed by atoms with E-state index in [1.807, 2.05) is 0 Å². The summed E-state index contributed by atoms with van der Waals surface area (Å²) in [4.78, 5) is 11.9. The number of ether oxygens (including phenoxy) is 1. The minimum atomic E-state index is 0.0637. The summed E-state index contributed by atoms with van der Waals surface area (Å²) in [6.45, 7) is 2.66. The number of hydrogen-bond donors (Lipinski definition) is 0. The smallest absolute Gasteiger partial charge is 0.306 e. The lowest BCUT2D eigenvalue weighted by atomic mass is 9.49. The third kappa shape index (κ3) is 2.23. The van der Waals surface area contributed by atoms with Gasteiger partial charge in [-0.1, -0.05) is 6.92 Å². The Bertz CT molecular complexity index is 273. The van der Waals surface area contributed by atoms with E-state index in [-0.39, 0.29) is 5.97 Å². The van der Waals surface area contributed by atoms with Crippen molar-refractivity contribution in [3.63, 3.8) is 0 Å². The fourth-order valence-corrected chi connectivity index (χ4v) is 5.08. The molecule has 0 aromatic rings. The van der Waals surface area contributed by atoms with E-state index in [0.717, 1.165) is 24.2 Å². The Hall–Kier alpha value is -0.530. The molecule has 4 aliphatic rings. The van der Waals surface area contributed by atoms with E-state index in [4.69, 9.17) is 4.74 Å². The average molecular weight is 236 g/mol. The molecule has 2 heteroatoms. The van der Waals surface area contributed by atoms with E-state index in [1.54, 1.807) is 0 Å². The van der Waals surface area contributed by atoms with Crippen LogP contribution >= 0.6 is 0 Å². The number of esters is 1. The summed E-state index contributed by atoms with van der Waals surface area (Å²) in [6, 6.07) is 0. The van der Waals surface area contributed by atoms with Crippen LogP contribution in [0.2, 0.25) is 0 Å². The fourth-order valence-electron chi connectivity index (χ4n) is 5.08. The minimum Gasteiger partial charge on any atom is -0.466 e. The molecule has 4 saturated carbocycles. The fraction of sp³-hybridized carbons (Fsp3) is 0.933. The van der Waals surface area contributed by atoms with Crippen LogP contribution in [-0.4, -0.2) is 12.6 Å². The van der Waals surface area contributed by atoms with E-state index in [1.165, 1.54) is 38.5 Å². The van der Waals surface area contributed by atoms with Gasteiger partial charge >= 0.3 is 5.97 Å². The van der Waals surface area contributed by atoms with Gasteiger partial charge in [0.1, 0.15) is 0 Å². The lowest BCUT2D eigenvalue weighted by molar-refractivity contribution is -0.152. The monoisotopic (exact) mass is 236 g/mol. The van der Waals surface area contributed by atoms with Gasteiger partial charge in [0.25, 0.3) is 0 Å². The normalized spacial score (nSPS) is 42.8. The number of rotatable bonds is 4. The second-order valence-electron chi connectivity index (χ2n) is 6.81. The molecule has 17 heavy (non-hydrogen) atoms. The molecular weight excluding hydrogens is 212 g/mol. The largest absolute Gasteiger partial charge is 0.466 e. The van der Waals surface area contributed by atoms with Crippen LogP contribution < -0.4 is 0 Å². The van der Waals surface area contributed by atoms with Crippen LogP contribution in [0, 0.1) is 23.2 Å². The molecule has 0 unspecified atom stereocenters. The highest BCUT2D eigenvalue weighted by atomic mass is 16.5. The quantitative estimate of drug-likeness (QED) is 0.698. The Morgan fingerprint density at radius 2 is 1.65 bits per heavy atom. The molecule has 4 rings (SSSR count). The van der Waals surface area contributed by atoms with Gasteiger partial charge in [-0.3, -0.25) is 4.79 Å². The zero-order valence-electron chi connectivity index (χ0n) is 10.9. The predicted octanol–water partition coefficient (Wildman–Crippen LogP) is 3.55. The van der Waals surface area contributed by atoms with Gasteiger partial charge in [-0.15, -0.1) is 0 Å². The van der Waals surface area contributed by atoms with Crippen molar-refractivity contribution in [1.82, 2.24) is 0 Å². The van der Waals surface area contributed by atoms with Gasteiger partial charge in [-0.25, -0.2) is 0 Å². The van der Waals surface area contributed by atoms with Gasteiger partial charge in [0, 0.05) is 0 Å². The van der Waals surface area contributed by atoms with Crippen LogP contribution in [0.15, 0.2) is 0 Å². The molecule has 96 valence electrons. The molecule has 4 fully saturated rings. The van der Waals surface area contributed by atoms with Crippen molar-refractivity contribution in [2.24, 2.45) is 23.2 Å². The summed E-state index contributed by atoms with van der Waals surface area (Å²) in [5, 5.41) is 0. The van der Waals surface area contributed by atoms with E-state index in [2.05, 4.69) is 6.92 Å². The third-order valence-electron chi connectivity index (χ3n) is 5.15. The molecule has 0 heterocycles. The molecule has 0 spiro atoms. The first-order valence-corrected chi connectivity index (χ1v) is 7.35. The van der Waals surface area contributed by atoms with Crippen LogP contribution in [0.4, 0.5) is 0 Å². The van der Waals surface area contributed by atoms with Crippen molar-refractivity contribution < 1.29 is 9.53 Å². The third-order valence-corrected chi connectivity index (χ3v) is 5.15. The zero-order chi connectivity index (χ0) is 11.9. The van der Waals surface area contributed by atoms with Crippen molar-refractivity contribution in [3.8, 4) is 0 Å². The summed E-state index contributed by atoms with van der Waals surface area (Å²) < 4.78 is 5.29. The summed E-state index contributed by atoms with van der Waals surface area (Å²) in [7, 11) is 0. The molecule has 0 aromatic heterocycles. The first kappa shape index (κ1) is 11.6. The summed E-state index contributed by atoms with van der Waals surface area (Å²) in [6.07, 6.45) is 9.90. The van der Waals surface area contributed by atoms with Gasteiger partial charge in [-0.2, -0.15) is 0 Å². The maximum absolute atomic E-state index is 11.9. The molecule has 0 aliphatic heterocycles. The maximum atomic E-state index is 11.9. The first-order chi connectivity index (χ1) is 8.19. The minimum absolute atomic E-state index is 0.0637. The topological polar surface area (TPSA) is 26.3 Å². The molecule has 4 bridgehead atoms. The molecule has 0 saturated heterocycles. The highest BCUT2D eigenvalue weighted by Gasteiger charge is 2.51. The van der Waals surface area contributed by atoms with Crippen molar-refractivity contribution in [2.45, 2.75) is 58.3 Å². The summed E-state index contributed by atoms with van der Waals surface area (Å²) >= 11 is 0. The standard InChI is InChI=1S/C15H24O2/c1-2-3-17-14(16)10-15-7-11-4-12(8-15)6-13(5-11)9-15/h11-13H,2-10H2,1H3. The van der Waals surface area contributed by atoms with Crippen LogP contribution in [0.1, 0.15) is 58.3 Å². The molecule has 2 nitrogen and oxygen atoms in total. The van der Waals surface area contributed by atoms with Gasteiger partial charge in [0.2, 0.25) is 0 Å². The Balaban J connectivity index is 1.64. The maximum Gasteiger partial charge on any atom is 0.306 e. The molecular formula is C15H24O2. The van der Waals surface area contributed by atoms with Crippen LogP contribution in [-0.2, 0) is 9.53 Å². The van der Waals surface area contributed by atoms with Crippen LogP contribution in [0.25, 0.3) is 0 Å². The number of carbonyl (C=O) groups excluding carboxylic acids is 1. The SMILES string of the molecule is CCCOC(=O)CC12CC3CC(CC(C3)C1)C2. The first-order valence-electron chi connectivity index (χ1n) is 7.35. The molecule has 0 amide bonds. The lowest BCUT2D eigenvalue weighted by Gasteiger charge is -2.56. The molecule has 0 atom stereocenters. The average Bonchev–Trinajstić information content (AvgIpc) is 2.23. The van der Waals surface area contributed by atoms with Crippen molar-refractivity contribution >= 4 is 5.97 Å². The highest BCUT2D eigenvalue weighted by molar-refractivity contribution is 5.70. The Morgan fingerprint density at radius 3 is 2.12 bits per heavy atom. The molecule has 0 aromatic carbocycles. The van der Waals surface area contributed by atoms with Gasteiger partial charge in [0.05, 0.1) is 13.0 Å². The summed E-state index contributed by atoms with van der Waals surface area (Å²) in [5.74, 6) is 2.86. The van der Waals surface area contributed by atoms with Crippen LogP contribution in [0.3, 0.4) is 0 Å². The second kappa shape index (κ2) is 4.29. The molecule has 0 N–H and O–H groups in total. The van der Waals surface area contributed by atoms with E-state index in [9.17, 15) is 4.79 Å². The molecule has 4 aliphatic carbocycles. The van der Waals surface area contributed by atoms with E-state index in [0.29, 0.717) is 18.4 Å². The van der Waals surface area contributed by atoms with Crippen molar-refractivity contribution in [3.05, 3.63) is 0 Å². The highest BCUT2D eigenvalue weighted by Crippen LogP contribution is 2.61. The van der Waals surface area contributed by atoms with E-state index >= 15 is 0 Å². The number of hydrogen-bond acceptors (Lipinski definition) is 2. The van der Waals surface area contributed by atoms with Crippen molar-refractivity contribution in [1.29, 1.82) is 0 Å². The van der Waals surface area contributed by atoms with Crippen molar-refractivity contribution in [2.75, 3.05) is 6.61 Å². The zero-order valence-corrected chi connectivity index (χ0v) is 10.9. The summed E-state index contributed by atoms with van der Waals surface area (Å²) in [5.41, 5.74) is 0.347. The number of carbonyl (C=O) groups is 1. The van der Waals surface area contributed by atoms with E-state index < -0.39 is 0 Å². The van der Waals surface area contributed by atoms with Crippen LogP contribution in [0.5, 0.6) is 0 Å². The second-order valence-corrected chi connectivity index (χ2v) is 6.81. The van der Waals surface area contributed by atoms with Gasteiger partial charge in [0.15, 0.2) is 0 Å². The van der Waals surface area contributed by atoms with Gasteiger partial charge < -0.3 is 4.74 Å². The lowest BCUT2D eigenvalue weighted by Crippen LogP contribution is -2.47. The Morgan fingerprint density at radius 1 is 1.12 bits per heavy atom.